The Morgan fingerprint density at radius 3 is 1.86 bits per heavy atom. The maximum absolute atomic E-state index is 14.1. The van der Waals surface area contributed by atoms with Gasteiger partial charge in [0.15, 0.2) is 11.4 Å². The minimum atomic E-state index is -4.65. The van der Waals surface area contributed by atoms with E-state index in [1.165, 1.54) is 24.0 Å². The number of rotatable bonds is 6. The van der Waals surface area contributed by atoms with E-state index >= 15 is 0 Å². The second-order valence-electron chi connectivity index (χ2n) is 8.89. The quantitative estimate of drug-likeness (QED) is 0.263. The summed E-state index contributed by atoms with van der Waals surface area (Å²) in [6.45, 7) is 6.55. The summed E-state index contributed by atoms with van der Waals surface area (Å²) in [6.07, 6.45) is -9.29. The van der Waals surface area contributed by atoms with Gasteiger partial charge in [0, 0.05) is 6.54 Å². The van der Waals surface area contributed by atoms with Crippen LogP contribution in [0.5, 0.6) is 0 Å². The number of carbonyl (C=O) groups is 2. The standard InChI is InChI=1S/C13H11F4N3O2.C13H13F4N3O2/c1-3-22-12(21)11-7(2)20(19-18-11)10-5-4-8(6-9(10)14)13(15,16)17;1-3-19-18-11(12(21)22)7(2)20(19)10-5-4-8(6-9(10)14)13(15,16)17/h4-6H,3H2,1-2H3;4-6,18H,3H2,1-2H3,(H,21,22). The molecule has 10 nitrogen and oxygen atoms in total. The van der Waals surface area contributed by atoms with Gasteiger partial charge >= 0.3 is 24.3 Å². The van der Waals surface area contributed by atoms with Gasteiger partial charge in [0.25, 0.3) is 0 Å². The first-order valence-electron chi connectivity index (χ1n) is 12.5. The van der Waals surface area contributed by atoms with Crippen LogP contribution in [0.2, 0.25) is 0 Å². The Hall–Kier alpha value is -4.74. The SMILES string of the molecule is CCN1NC(C(=O)O)=C(C)N1c1ccc(C(F)(F)F)cc1F.CCOC(=O)c1nnn(-c2ccc(C(F)(F)F)cc2F)c1C. The maximum atomic E-state index is 14.1. The van der Waals surface area contributed by atoms with Gasteiger partial charge in [-0.05, 0) is 64.1 Å². The molecule has 1 aliphatic heterocycles. The molecule has 1 aliphatic rings. The topological polar surface area (TPSA) is 113 Å². The summed E-state index contributed by atoms with van der Waals surface area (Å²) in [4.78, 5) is 22.7. The van der Waals surface area contributed by atoms with E-state index in [2.05, 4.69) is 15.7 Å². The van der Waals surface area contributed by atoms with Crippen LogP contribution in [0.25, 0.3) is 5.69 Å². The van der Waals surface area contributed by atoms with E-state index in [4.69, 9.17) is 9.84 Å². The number of carboxylic acids is 1. The van der Waals surface area contributed by atoms with Crippen LogP contribution in [0, 0.1) is 18.6 Å². The summed E-state index contributed by atoms with van der Waals surface area (Å²) in [5, 5.41) is 18.7. The summed E-state index contributed by atoms with van der Waals surface area (Å²) in [5.41, 5.74) is -0.0240. The number of hydrogen-bond acceptors (Lipinski definition) is 8. The van der Waals surface area contributed by atoms with Crippen molar-refractivity contribution in [2.45, 2.75) is 40.0 Å². The van der Waals surface area contributed by atoms with Crippen LogP contribution >= 0.6 is 0 Å². The molecule has 0 radical (unpaired) electrons. The number of aliphatic carboxylic acids is 1. The van der Waals surface area contributed by atoms with Gasteiger partial charge < -0.3 is 9.84 Å². The van der Waals surface area contributed by atoms with Gasteiger partial charge in [-0.25, -0.2) is 23.1 Å². The van der Waals surface area contributed by atoms with Crippen molar-refractivity contribution in [2.75, 3.05) is 18.2 Å². The second kappa shape index (κ2) is 12.9. The fraction of sp³-hybridized carbons (Fsp3) is 0.308. The number of halogens is 8. The largest absolute Gasteiger partial charge is 0.476 e. The van der Waals surface area contributed by atoms with E-state index in [0.29, 0.717) is 12.1 Å². The van der Waals surface area contributed by atoms with Crippen LogP contribution in [0.1, 0.15) is 48.1 Å². The summed E-state index contributed by atoms with van der Waals surface area (Å²) in [6, 6.07) is 4.11. The third kappa shape index (κ3) is 7.07. The number of nitrogens with zero attached hydrogens (tertiary/aromatic N) is 5. The minimum absolute atomic E-state index is 0.124. The number of carboxylic acid groups (broad SMARTS) is 1. The van der Waals surface area contributed by atoms with Crippen LogP contribution in [0.15, 0.2) is 47.8 Å². The molecule has 0 unspecified atom stereocenters. The first-order valence-corrected chi connectivity index (χ1v) is 12.5. The smallest absolute Gasteiger partial charge is 0.416 e. The number of aromatic nitrogens is 3. The van der Waals surface area contributed by atoms with E-state index in [1.54, 1.807) is 13.8 Å². The molecular formula is C26H24F8N6O4. The van der Waals surface area contributed by atoms with Crippen molar-refractivity contribution in [3.63, 3.8) is 0 Å². The fourth-order valence-corrected chi connectivity index (χ4v) is 3.94. The lowest BCUT2D eigenvalue weighted by molar-refractivity contribution is -0.138. The summed E-state index contributed by atoms with van der Waals surface area (Å²) in [7, 11) is 0. The predicted octanol–water partition coefficient (Wildman–Crippen LogP) is 5.63. The number of alkyl halides is 6. The molecule has 0 spiro atoms. The third-order valence-corrected chi connectivity index (χ3v) is 6.04. The molecule has 0 amide bonds. The zero-order chi connectivity index (χ0) is 33.1. The van der Waals surface area contributed by atoms with E-state index in [1.807, 2.05) is 0 Å². The fourth-order valence-electron chi connectivity index (χ4n) is 3.94. The highest BCUT2D eigenvalue weighted by molar-refractivity contribution is 5.89. The molecule has 2 heterocycles. The number of anilines is 1. The van der Waals surface area contributed by atoms with Crippen LogP contribution in [-0.2, 0) is 21.9 Å². The van der Waals surface area contributed by atoms with Crippen LogP contribution in [0.3, 0.4) is 0 Å². The van der Waals surface area contributed by atoms with Gasteiger partial charge in [-0.15, -0.1) is 10.2 Å². The Morgan fingerprint density at radius 1 is 0.909 bits per heavy atom. The van der Waals surface area contributed by atoms with Gasteiger partial charge in [-0.1, -0.05) is 5.21 Å². The molecule has 238 valence electrons. The highest BCUT2D eigenvalue weighted by Crippen LogP contribution is 2.35. The first-order chi connectivity index (χ1) is 20.4. The van der Waals surface area contributed by atoms with Crippen molar-refractivity contribution in [3.8, 4) is 5.69 Å². The van der Waals surface area contributed by atoms with E-state index in [0.717, 1.165) is 28.9 Å². The Kier molecular flexibility index (Phi) is 9.87. The Bertz CT molecular complexity index is 1590. The highest BCUT2D eigenvalue weighted by atomic mass is 19.4. The Morgan fingerprint density at radius 2 is 1.43 bits per heavy atom. The molecule has 4 rings (SSSR count). The molecule has 2 N–H and O–H groups in total. The Labute approximate surface area is 244 Å². The van der Waals surface area contributed by atoms with Gasteiger partial charge in [-0.2, -0.15) is 26.3 Å². The van der Waals surface area contributed by atoms with Crippen molar-refractivity contribution in [2.24, 2.45) is 0 Å². The number of carbonyl (C=O) groups excluding carboxylic acids is 1. The lowest BCUT2D eigenvalue weighted by Crippen LogP contribution is -2.44. The number of nitrogens with one attached hydrogen (secondary N) is 1. The van der Waals surface area contributed by atoms with E-state index in [9.17, 15) is 44.7 Å². The lowest BCUT2D eigenvalue weighted by atomic mass is 10.2. The molecule has 0 saturated carbocycles. The molecule has 0 atom stereocenters. The van der Waals surface area contributed by atoms with Gasteiger partial charge in [0.05, 0.1) is 34.8 Å². The van der Waals surface area contributed by atoms with Crippen molar-refractivity contribution in [1.82, 2.24) is 25.5 Å². The third-order valence-electron chi connectivity index (χ3n) is 6.04. The molecule has 18 heteroatoms. The molecule has 0 fully saturated rings. The number of ether oxygens (including phenoxy) is 1. The summed E-state index contributed by atoms with van der Waals surface area (Å²) in [5.74, 6) is -4.20. The van der Waals surface area contributed by atoms with E-state index in [-0.39, 0.29) is 47.3 Å². The lowest BCUT2D eigenvalue weighted by Gasteiger charge is -2.29. The Balaban J connectivity index is 0.000000240. The number of hydrazine groups is 2. The van der Waals surface area contributed by atoms with Crippen LogP contribution in [0.4, 0.5) is 40.8 Å². The molecule has 2 aromatic carbocycles. The molecular weight excluding hydrogens is 612 g/mol. The predicted molar refractivity (Wildman–Crippen MR) is 137 cm³/mol. The van der Waals surface area contributed by atoms with Crippen molar-refractivity contribution >= 4 is 17.6 Å². The average Bonchev–Trinajstić information content (AvgIpc) is 3.47. The minimum Gasteiger partial charge on any atom is -0.476 e. The van der Waals surface area contributed by atoms with Gasteiger partial charge in [0.2, 0.25) is 0 Å². The zero-order valence-corrected chi connectivity index (χ0v) is 23.3. The normalized spacial score (nSPS) is 13.9. The van der Waals surface area contributed by atoms with Crippen LogP contribution < -0.4 is 10.4 Å². The average molecular weight is 637 g/mol. The monoisotopic (exact) mass is 636 g/mol. The number of esters is 1. The van der Waals surface area contributed by atoms with Crippen LogP contribution in [-0.4, -0.2) is 50.3 Å². The molecule has 3 aromatic rings. The van der Waals surface area contributed by atoms with E-state index < -0.39 is 47.1 Å². The molecule has 0 saturated heterocycles. The number of benzene rings is 2. The maximum Gasteiger partial charge on any atom is 0.416 e. The van der Waals surface area contributed by atoms with Crippen molar-refractivity contribution in [1.29, 1.82) is 0 Å². The first kappa shape index (κ1) is 33.8. The number of hydrogen-bond donors (Lipinski definition) is 2. The molecule has 44 heavy (non-hydrogen) atoms. The second-order valence-corrected chi connectivity index (χ2v) is 8.89. The molecule has 0 aliphatic carbocycles. The summed E-state index contributed by atoms with van der Waals surface area (Å²) >= 11 is 0. The van der Waals surface area contributed by atoms with Crippen molar-refractivity contribution < 1.29 is 54.6 Å². The molecule has 1 aromatic heterocycles. The molecule has 0 bridgehead atoms. The van der Waals surface area contributed by atoms with Gasteiger partial charge in [0.1, 0.15) is 17.3 Å². The van der Waals surface area contributed by atoms with Crippen molar-refractivity contribution in [3.05, 3.63) is 81.9 Å². The zero-order valence-electron chi connectivity index (χ0n) is 23.3. The summed E-state index contributed by atoms with van der Waals surface area (Å²) < 4.78 is 109. The van der Waals surface area contributed by atoms with Gasteiger partial charge in [-0.3, -0.25) is 10.4 Å². The highest BCUT2D eigenvalue weighted by Gasteiger charge is 2.35. The number of allylic oxidation sites excluding steroid dienone is 1.